The summed E-state index contributed by atoms with van der Waals surface area (Å²) >= 11 is 0. The molecule has 2 aromatic carbocycles. The quantitative estimate of drug-likeness (QED) is 0.759. The summed E-state index contributed by atoms with van der Waals surface area (Å²) in [6.45, 7) is 5.40. The molecule has 2 atom stereocenters. The Kier molecular flexibility index (Phi) is 6.21. The highest BCUT2D eigenvalue weighted by Crippen LogP contribution is 2.27. The van der Waals surface area contributed by atoms with Gasteiger partial charge in [-0.05, 0) is 49.1 Å². The zero-order valence-corrected chi connectivity index (χ0v) is 13.4. The third-order valence-electron chi connectivity index (χ3n) is 4.10. The lowest BCUT2D eigenvalue weighted by Crippen LogP contribution is -2.23. The van der Waals surface area contributed by atoms with Gasteiger partial charge in [-0.25, -0.2) is 0 Å². The highest BCUT2D eigenvalue weighted by atomic mass is 16.5. The van der Waals surface area contributed by atoms with Crippen LogP contribution in [-0.2, 0) is 4.74 Å². The van der Waals surface area contributed by atoms with Crippen LogP contribution in [0.5, 0.6) is 0 Å². The second kappa shape index (κ2) is 8.16. The van der Waals surface area contributed by atoms with Crippen molar-refractivity contribution in [2.24, 2.45) is 0 Å². The maximum absolute atomic E-state index is 5.40. The third-order valence-corrected chi connectivity index (χ3v) is 4.10. The molecular weight excluding hydrogens is 258 g/mol. The molecule has 21 heavy (non-hydrogen) atoms. The normalized spacial score (nSPS) is 14.2. The number of fused-ring (bicyclic) bond motifs is 1. The van der Waals surface area contributed by atoms with E-state index in [9.17, 15) is 0 Å². The van der Waals surface area contributed by atoms with E-state index in [1.54, 1.807) is 7.11 Å². The van der Waals surface area contributed by atoms with Gasteiger partial charge in [-0.2, -0.15) is 0 Å². The van der Waals surface area contributed by atoms with Crippen molar-refractivity contribution < 1.29 is 4.74 Å². The topological polar surface area (TPSA) is 21.3 Å². The molecule has 0 fully saturated rings. The summed E-state index contributed by atoms with van der Waals surface area (Å²) in [6.07, 6.45) is 3.64. The molecule has 0 aromatic heterocycles. The molecule has 0 spiro atoms. The maximum Gasteiger partial charge on any atom is 0.0543 e. The average molecular weight is 285 g/mol. The monoisotopic (exact) mass is 285 g/mol. The van der Waals surface area contributed by atoms with E-state index in [1.807, 2.05) is 0 Å². The second-order valence-electron chi connectivity index (χ2n) is 5.70. The van der Waals surface area contributed by atoms with Crippen LogP contribution in [0.2, 0.25) is 0 Å². The van der Waals surface area contributed by atoms with E-state index >= 15 is 0 Å². The fourth-order valence-electron chi connectivity index (χ4n) is 2.76. The van der Waals surface area contributed by atoms with Crippen LogP contribution in [0.3, 0.4) is 0 Å². The molecule has 2 nitrogen and oxygen atoms in total. The summed E-state index contributed by atoms with van der Waals surface area (Å²) in [4.78, 5) is 0. The first kappa shape index (κ1) is 16.0. The molecule has 2 unspecified atom stereocenters. The van der Waals surface area contributed by atoms with Gasteiger partial charge in [-0.15, -0.1) is 0 Å². The summed E-state index contributed by atoms with van der Waals surface area (Å²) in [6, 6.07) is 15.7. The fourth-order valence-corrected chi connectivity index (χ4v) is 2.76. The van der Waals surface area contributed by atoms with Crippen molar-refractivity contribution in [3.8, 4) is 0 Å². The molecule has 0 bridgehead atoms. The van der Waals surface area contributed by atoms with E-state index in [1.165, 1.54) is 16.3 Å². The SMILES string of the molecule is CCCNC(CCC(C)OC)c1cccc2ccccc12. The number of rotatable bonds is 8. The minimum atomic E-state index is 0.311. The smallest absolute Gasteiger partial charge is 0.0543 e. The first-order valence-electron chi connectivity index (χ1n) is 8.00. The molecule has 2 rings (SSSR count). The van der Waals surface area contributed by atoms with Crippen LogP contribution in [-0.4, -0.2) is 19.8 Å². The lowest BCUT2D eigenvalue weighted by atomic mass is 9.95. The number of ether oxygens (including phenoxy) is 1. The lowest BCUT2D eigenvalue weighted by Gasteiger charge is -2.22. The van der Waals surface area contributed by atoms with Gasteiger partial charge in [0.05, 0.1) is 6.10 Å². The van der Waals surface area contributed by atoms with Gasteiger partial charge in [-0.1, -0.05) is 49.4 Å². The average Bonchev–Trinajstić information content (AvgIpc) is 2.54. The Morgan fingerprint density at radius 3 is 2.57 bits per heavy atom. The van der Waals surface area contributed by atoms with Crippen LogP contribution in [0.1, 0.15) is 44.7 Å². The van der Waals surface area contributed by atoms with E-state index in [4.69, 9.17) is 4.74 Å². The fraction of sp³-hybridized carbons (Fsp3) is 0.474. The minimum Gasteiger partial charge on any atom is -0.382 e. The van der Waals surface area contributed by atoms with E-state index in [2.05, 4.69) is 61.6 Å². The first-order chi connectivity index (χ1) is 10.3. The van der Waals surface area contributed by atoms with Gasteiger partial charge in [0, 0.05) is 13.2 Å². The summed E-state index contributed by atoms with van der Waals surface area (Å²) in [5.74, 6) is 0. The van der Waals surface area contributed by atoms with Crippen LogP contribution < -0.4 is 5.32 Å². The van der Waals surface area contributed by atoms with Crippen LogP contribution in [0.25, 0.3) is 10.8 Å². The molecule has 0 radical (unpaired) electrons. The predicted octanol–water partition coefficient (Wildman–Crippen LogP) is 4.70. The summed E-state index contributed by atoms with van der Waals surface area (Å²) in [5, 5.41) is 6.38. The third kappa shape index (κ3) is 4.29. The Bertz CT molecular complexity index is 547. The van der Waals surface area contributed by atoms with Crippen LogP contribution in [0, 0.1) is 0 Å². The van der Waals surface area contributed by atoms with Crippen molar-refractivity contribution in [2.75, 3.05) is 13.7 Å². The number of hydrogen-bond donors (Lipinski definition) is 1. The standard InChI is InChI=1S/C19H27NO/c1-4-14-20-19(13-12-15(2)21-3)18-11-7-9-16-8-5-6-10-17(16)18/h5-11,15,19-20H,4,12-14H2,1-3H3. The zero-order valence-electron chi connectivity index (χ0n) is 13.4. The van der Waals surface area contributed by atoms with Crippen molar-refractivity contribution in [3.63, 3.8) is 0 Å². The zero-order chi connectivity index (χ0) is 15.1. The predicted molar refractivity (Wildman–Crippen MR) is 90.7 cm³/mol. The van der Waals surface area contributed by atoms with Gasteiger partial charge in [0.2, 0.25) is 0 Å². The Morgan fingerprint density at radius 2 is 1.81 bits per heavy atom. The second-order valence-corrected chi connectivity index (χ2v) is 5.70. The highest BCUT2D eigenvalue weighted by Gasteiger charge is 2.14. The van der Waals surface area contributed by atoms with Crippen LogP contribution >= 0.6 is 0 Å². The van der Waals surface area contributed by atoms with Crippen molar-refractivity contribution in [3.05, 3.63) is 48.0 Å². The molecule has 114 valence electrons. The molecule has 0 saturated heterocycles. The molecular formula is C19H27NO. The Labute approximate surface area is 128 Å². The molecule has 0 aliphatic heterocycles. The van der Waals surface area contributed by atoms with E-state index in [0.717, 1.165) is 25.8 Å². The highest BCUT2D eigenvalue weighted by molar-refractivity contribution is 5.86. The van der Waals surface area contributed by atoms with Crippen LogP contribution in [0.15, 0.2) is 42.5 Å². The summed E-state index contributed by atoms with van der Waals surface area (Å²) in [5.41, 5.74) is 1.41. The molecule has 2 heteroatoms. The van der Waals surface area contributed by atoms with Gasteiger partial charge in [-0.3, -0.25) is 0 Å². The van der Waals surface area contributed by atoms with Crippen LogP contribution in [0.4, 0.5) is 0 Å². The molecule has 0 amide bonds. The van der Waals surface area contributed by atoms with Crippen molar-refractivity contribution in [2.45, 2.75) is 45.3 Å². The van der Waals surface area contributed by atoms with Gasteiger partial charge in [0.15, 0.2) is 0 Å². The number of methoxy groups -OCH3 is 1. The Morgan fingerprint density at radius 1 is 1.05 bits per heavy atom. The molecule has 0 heterocycles. The Hall–Kier alpha value is -1.38. The van der Waals surface area contributed by atoms with Crippen molar-refractivity contribution in [1.29, 1.82) is 0 Å². The Balaban J connectivity index is 2.25. The van der Waals surface area contributed by atoms with Gasteiger partial charge in [0.25, 0.3) is 0 Å². The summed E-state index contributed by atoms with van der Waals surface area (Å²) < 4.78 is 5.40. The minimum absolute atomic E-state index is 0.311. The first-order valence-corrected chi connectivity index (χ1v) is 8.00. The van der Waals surface area contributed by atoms with E-state index < -0.39 is 0 Å². The molecule has 1 N–H and O–H groups in total. The number of nitrogens with one attached hydrogen (secondary N) is 1. The van der Waals surface area contributed by atoms with Gasteiger partial charge < -0.3 is 10.1 Å². The number of hydrogen-bond acceptors (Lipinski definition) is 2. The molecule has 0 saturated carbocycles. The van der Waals surface area contributed by atoms with Gasteiger partial charge >= 0.3 is 0 Å². The molecule has 2 aromatic rings. The molecule has 0 aliphatic rings. The van der Waals surface area contributed by atoms with Crippen molar-refractivity contribution in [1.82, 2.24) is 5.32 Å². The lowest BCUT2D eigenvalue weighted by molar-refractivity contribution is 0.106. The van der Waals surface area contributed by atoms with Gasteiger partial charge in [0.1, 0.15) is 0 Å². The number of benzene rings is 2. The van der Waals surface area contributed by atoms with E-state index in [-0.39, 0.29) is 0 Å². The largest absolute Gasteiger partial charge is 0.382 e. The molecule has 0 aliphatic carbocycles. The van der Waals surface area contributed by atoms with E-state index in [0.29, 0.717) is 12.1 Å². The summed E-state index contributed by atoms with van der Waals surface area (Å²) in [7, 11) is 1.79. The maximum atomic E-state index is 5.40. The van der Waals surface area contributed by atoms with Crippen molar-refractivity contribution >= 4 is 10.8 Å².